The molecule has 580 valence electrons. The first-order valence-electron chi connectivity index (χ1n) is 34.2. The van der Waals surface area contributed by atoms with Crippen LogP contribution in [0.3, 0.4) is 0 Å². The van der Waals surface area contributed by atoms with Crippen LogP contribution in [0, 0.1) is 33.5 Å². The number of aliphatic hydroxyl groups excluding tert-OH is 3. The molecule has 0 radical (unpaired) electrons. The van der Waals surface area contributed by atoms with E-state index < -0.39 is 174 Å². The van der Waals surface area contributed by atoms with Crippen LogP contribution in [0.5, 0.6) is 0 Å². The van der Waals surface area contributed by atoms with Gasteiger partial charge in [-0.2, -0.15) is 0 Å². The highest BCUT2D eigenvalue weighted by atomic mass is 16.4. The summed E-state index contributed by atoms with van der Waals surface area (Å²) in [5.74, 6) is -13.5. The fourth-order valence-corrected chi connectivity index (χ4v) is 10.5. The molecule has 102 heavy (non-hydrogen) atoms. The highest BCUT2D eigenvalue weighted by molar-refractivity contribution is 5.99. The van der Waals surface area contributed by atoms with E-state index >= 15 is 0 Å². The summed E-state index contributed by atoms with van der Waals surface area (Å²) in [6.45, 7) is 10.1. The molecule has 0 spiro atoms. The van der Waals surface area contributed by atoms with Crippen LogP contribution in [0.2, 0.25) is 0 Å². The molecule has 1 rings (SSSR count). The van der Waals surface area contributed by atoms with E-state index in [9.17, 15) is 78.0 Å². The van der Waals surface area contributed by atoms with Crippen molar-refractivity contribution in [2.45, 2.75) is 229 Å². The number of hydrogen-bond acceptors (Lipinski definition) is 21. The second kappa shape index (κ2) is 47.6. The molecule has 0 unspecified atom stereocenters. The van der Waals surface area contributed by atoms with Crippen molar-refractivity contribution in [3.63, 3.8) is 0 Å². The maximum absolute atomic E-state index is 14.8. The van der Waals surface area contributed by atoms with Gasteiger partial charge in [-0.05, 0) is 135 Å². The molecule has 1 aliphatic heterocycles. The Balaban J connectivity index is 3.57. The molecule has 41 nitrogen and oxygen atoms in total. The fraction of sp³-hybridized carbons (Fsp3) is 0.738. The van der Waals surface area contributed by atoms with Gasteiger partial charge in [-0.25, -0.2) is 4.79 Å². The van der Waals surface area contributed by atoms with E-state index in [1.165, 1.54) is 18.7 Å². The van der Waals surface area contributed by atoms with E-state index in [2.05, 4.69) is 74.4 Å². The van der Waals surface area contributed by atoms with Gasteiger partial charge in [0.05, 0.1) is 18.8 Å². The number of nitrogens with one attached hydrogen (secondary N) is 18. The summed E-state index contributed by atoms with van der Waals surface area (Å²) in [7, 11) is 0. The van der Waals surface area contributed by atoms with Gasteiger partial charge in [0.1, 0.15) is 72.5 Å². The van der Waals surface area contributed by atoms with Gasteiger partial charge in [0, 0.05) is 32.7 Å². The van der Waals surface area contributed by atoms with Gasteiger partial charge >= 0.3 is 5.97 Å². The third kappa shape index (κ3) is 35.2. The lowest BCUT2D eigenvalue weighted by Crippen LogP contribution is -2.61. The number of aliphatic carboxylic acids is 1. The van der Waals surface area contributed by atoms with Gasteiger partial charge in [-0.15, -0.1) is 0 Å². The van der Waals surface area contributed by atoms with Crippen LogP contribution in [-0.2, 0) is 57.5 Å². The lowest BCUT2D eigenvalue weighted by Gasteiger charge is -2.31. The molecule has 0 bridgehead atoms. The van der Waals surface area contributed by atoms with E-state index in [1.807, 2.05) is 0 Å². The normalized spacial score (nSPS) is 16.5. The second-order valence-electron chi connectivity index (χ2n) is 25.9. The third-order valence-electron chi connectivity index (χ3n) is 16.0. The smallest absolute Gasteiger partial charge is 0.326 e. The van der Waals surface area contributed by atoms with Crippen LogP contribution in [0.25, 0.3) is 0 Å². The highest BCUT2D eigenvalue weighted by Crippen LogP contribution is 2.21. The Morgan fingerprint density at radius 1 is 0.441 bits per heavy atom. The molecule has 1 aliphatic rings. The van der Waals surface area contributed by atoms with Gasteiger partial charge in [0.2, 0.25) is 65.0 Å². The van der Waals surface area contributed by atoms with Crippen molar-refractivity contribution in [3.05, 3.63) is 0 Å². The number of carboxylic acid groups (broad SMARTS) is 1. The monoisotopic (exact) mass is 1450 g/mol. The number of unbranched alkanes of at least 4 members (excludes halogenated alkanes) is 1. The third-order valence-corrected chi connectivity index (χ3v) is 16.0. The van der Waals surface area contributed by atoms with Crippen LogP contribution in [0.15, 0.2) is 0 Å². The van der Waals surface area contributed by atoms with Crippen LogP contribution >= 0.6 is 0 Å². The van der Waals surface area contributed by atoms with Gasteiger partial charge in [0.15, 0.2) is 23.8 Å². The molecule has 0 aliphatic carbocycles. The first kappa shape index (κ1) is 90.5. The minimum atomic E-state index is -1.82. The molecule has 0 aromatic carbocycles. The van der Waals surface area contributed by atoms with Crippen LogP contribution < -0.4 is 109 Å². The Morgan fingerprint density at radius 2 is 0.804 bits per heavy atom. The minimum absolute atomic E-state index is 0.00789. The van der Waals surface area contributed by atoms with Crippen molar-refractivity contribution in [2.24, 2.45) is 46.2 Å². The minimum Gasteiger partial charge on any atom is -0.480 e. The molecule has 0 aromatic heterocycles. The molecule has 0 saturated carbocycles. The zero-order chi connectivity index (χ0) is 77.5. The number of likely N-dealkylation sites (tertiary alicyclic amines) is 1. The number of hydrogen-bond donors (Lipinski definition) is 28. The Labute approximate surface area is 593 Å². The van der Waals surface area contributed by atoms with Gasteiger partial charge in [-0.3, -0.25) is 74.4 Å². The number of nitrogens with zero attached hydrogens (tertiary/aromatic N) is 1. The molecular formula is C61H115N25O16. The number of carbonyl (C=O) groups is 12. The van der Waals surface area contributed by atoms with Crippen molar-refractivity contribution in [1.29, 1.82) is 21.6 Å². The summed E-state index contributed by atoms with van der Waals surface area (Å²) >= 11 is 0. The van der Waals surface area contributed by atoms with Gasteiger partial charge in [0.25, 0.3) is 0 Å². The number of carbonyl (C=O) groups excluding carboxylic acids is 11. The maximum Gasteiger partial charge on any atom is 0.326 e. The molecular weight excluding hydrogens is 1340 g/mol. The molecule has 11 amide bonds. The van der Waals surface area contributed by atoms with Crippen LogP contribution in [0.1, 0.15) is 145 Å². The Hall–Kier alpha value is -9.48. The van der Waals surface area contributed by atoms with E-state index in [0.717, 1.165) is 6.92 Å². The van der Waals surface area contributed by atoms with Crippen molar-refractivity contribution >= 4 is 94.8 Å². The topological polar surface area (TPSA) is 709 Å². The Kier molecular flexibility index (Phi) is 42.2. The van der Waals surface area contributed by atoms with E-state index in [-0.39, 0.29) is 153 Å². The number of rotatable bonds is 49. The van der Waals surface area contributed by atoms with E-state index in [1.54, 1.807) is 27.7 Å². The van der Waals surface area contributed by atoms with Crippen molar-refractivity contribution in [1.82, 2.24) is 79.3 Å². The molecule has 41 heteroatoms. The zero-order valence-electron chi connectivity index (χ0n) is 59.4. The summed E-state index contributed by atoms with van der Waals surface area (Å²) in [6.07, 6.45) is -2.08. The lowest BCUT2D eigenvalue weighted by atomic mass is 10.0. The fourth-order valence-electron chi connectivity index (χ4n) is 10.5. The maximum atomic E-state index is 14.8. The lowest BCUT2D eigenvalue weighted by molar-refractivity contribution is -0.143. The largest absolute Gasteiger partial charge is 0.480 e. The quantitative estimate of drug-likeness (QED) is 0.0153. The Morgan fingerprint density at radius 3 is 1.23 bits per heavy atom. The standard InChI is InChI=1S/C61H115N25O16/c1-30(2)27-40(82-52(96)42(29-87)84-51(95)41(28-31(3)4)83-54(98)44(63)33(6)88)50(94)80-38(18-12-24-74-60(68)69)56(100)86-26-14-20-43(86)53(97)79-37(17-11-23-73-59(66)67)49(93)85-45(34(7)89)55(99)76-32(5)46(90)77-35(15-8-9-21-62)47(91)78-36(16-10-22-72-58(64)65)48(92)81-39(57(101)102)19-13-25-75-61(70)71/h30-45,87-89H,8-29,62-63H2,1-7H3,(H,76,99)(H,77,90)(H,78,91)(H,79,97)(H,80,94)(H,81,92)(H,82,96)(H,83,98)(H,84,95)(H,85,93)(H,101,102)(H4,64,65,72)(H4,66,67,73)(H4,68,69,74)(H4,70,71,75)/t32-,33+,34+,35-,36-,37-,38-,39-,40-,41-,42-,43-,44-,45-/m0/s1. The SMILES string of the molecule is CC(C)C[C@H](NC(=O)[C@H](CO)NC(=O)[C@H](CC(C)C)NC(=O)[C@@H](N)[C@@H](C)O)C(=O)N[C@@H](CCCNC(=N)N)C(=O)N1CCC[C@H]1C(=O)N[C@@H](CCCNC(=N)N)C(=O)N[C@H](C(=O)N[C@@H](C)C(=O)N[C@@H](CCCCN)C(=O)N[C@@H](CCCNC(=N)N)C(=O)N[C@@H](CCCNC(=N)N)C(=O)O)[C@@H](C)O. The highest BCUT2D eigenvalue weighted by Gasteiger charge is 2.41. The molecule has 0 aromatic rings. The van der Waals surface area contributed by atoms with Crippen molar-refractivity contribution < 1.29 is 78.0 Å². The van der Waals surface area contributed by atoms with Gasteiger partial charge < -0.3 is 134 Å². The predicted molar refractivity (Wildman–Crippen MR) is 374 cm³/mol. The first-order valence-corrected chi connectivity index (χ1v) is 34.2. The summed E-state index contributed by atoms with van der Waals surface area (Å²) in [5, 5.41) is 106. The molecule has 1 heterocycles. The summed E-state index contributed by atoms with van der Waals surface area (Å²) in [5.41, 5.74) is 33.2. The number of guanidine groups is 4. The zero-order valence-corrected chi connectivity index (χ0v) is 59.4. The van der Waals surface area contributed by atoms with Gasteiger partial charge in [-0.1, -0.05) is 27.7 Å². The number of aliphatic hydroxyl groups is 3. The first-order chi connectivity index (χ1) is 47.8. The van der Waals surface area contributed by atoms with Crippen LogP contribution in [0.4, 0.5) is 0 Å². The van der Waals surface area contributed by atoms with Crippen molar-refractivity contribution in [2.75, 3.05) is 45.9 Å². The predicted octanol–water partition coefficient (Wildman–Crippen LogP) is -8.71. The van der Waals surface area contributed by atoms with Crippen LogP contribution in [-0.4, -0.2) is 251 Å². The van der Waals surface area contributed by atoms with E-state index in [4.69, 9.17) is 56.0 Å². The summed E-state index contributed by atoms with van der Waals surface area (Å²) < 4.78 is 0. The average molecular weight is 1450 g/mol. The summed E-state index contributed by atoms with van der Waals surface area (Å²) in [4.78, 5) is 167. The molecule has 34 N–H and O–H groups in total. The number of nitrogens with two attached hydrogens (primary N) is 6. The van der Waals surface area contributed by atoms with Crippen molar-refractivity contribution in [3.8, 4) is 0 Å². The average Bonchev–Trinajstić information content (AvgIpc) is 1.61. The molecule has 1 saturated heterocycles. The molecule has 1 fully saturated rings. The number of amides is 11. The number of carboxylic acids is 1. The molecule has 14 atom stereocenters. The second-order valence-corrected chi connectivity index (χ2v) is 25.9. The van der Waals surface area contributed by atoms with E-state index in [0.29, 0.717) is 6.42 Å². The Bertz CT molecular complexity index is 2820. The summed E-state index contributed by atoms with van der Waals surface area (Å²) in [6, 6.07) is -17.5.